The third-order valence-electron chi connectivity index (χ3n) is 2.06. The Kier molecular flexibility index (Phi) is 2.98. The SMILES string of the molecule is Cc1cc(Br)ccc1-c1nc(C=O)cs1. The van der Waals surface area contributed by atoms with Crippen molar-refractivity contribution < 1.29 is 4.79 Å². The molecule has 2 rings (SSSR count). The van der Waals surface area contributed by atoms with E-state index in [2.05, 4.69) is 20.9 Å². The highest BCUT2D eigenvalue weighted by molar-refractivity contribution is 9.10. The molecule has 0 unspecified atom stereocenters. The van der Waals surface area contributed by atoms with Crippen LogP contribution in [0.3, 0.4) is 0 Å². The summed E-state index contributed by atoms with van der Waals surface area (Å²) in [6.45, 7) is 2.03. The van der Waals surface area contributed by atoms with Gasteiger partial charge in [0.05, 0.1) is 0 Å². The van der Waals surface area contributed by atoms with Crippen molar-refractivity contribution >= 4 is 33.6 Å². The molecular formula is C11H8BrNOS. The Morgan fingerprint density at radius 2 is 2.27 bits per heavy atom. The van der Waals surface area contributed by atoms with Crippen molar-refractivity contribution in [3.8, 4) is 10.6 Å². The van der Waals surface area contributed by atoms with Crippen LogP contribution >= 0.6 is 27.3 Å². The van der Waals surface area contributed by atoms with E-state index in [0.717, 1.165) is 26.9 Å². The molecule has 0 spiro atoms. The van der Waals surface area contributed by atoms with Gasteiger partial charge in [-0.25, -0.2) is 4.98 Å². The maximum Gasteiger partial charge on any atom is 0.169 e. The lowest BCUT2D eigenvalue weighted by atomic mass is 10.1. The summed E-state index contributed by atoms with van der Waals surface area (Å²) in [5.41, 5.74) is 2.73. The van der Waals surface area contributed by atoms with Gasteiger partial charge in [0.15, 0.2) is 6.29 Å². The molecular weight excluding hydrogens is 274 g/mol. The monoisotopic (exact) mass is 281 g/mol. The molecule has 1 aromatic carbocycles. The van der Waals surface area contributed by atoms with E-state index in [0.29, 0.717) is 5.69 Å². The second kappa shape index (κ2) is 4.24. The molecule has 4 heteroatoms. The molecule has 1 aromatic heterocycles. The van der Waals surface area contributed by atoms with Gasteiger partial charge in [-0.2, -0.15) is 0 Å². The maximum absolute atomic E-state index is 10.5. The maximum atomic E-state index is 10.5. The molecule has 0 bridgehead atoms. The largest absolute Gasteiger partial charge is 0.296 e. The summed E-state index contributed by atoms with van der Waals surface area (Å²) < 4.78 is 1.05. The zero-order valence-corrected chi connectivity index (χ0v) is 10.4. The number of halogens is 1. The van der Waals surface area contributed by atoms with E-state index >= 15 is 0 Å². The highest BCUT2D eigenvalue weighted by atomic mass is 79.9. The number of hydrogen-bond acceptors (Lipinski definition) is 3. The van der Waals surface area contributed by atoms with Crippen molar-refractivity contribution in [3.63, 3.8) is 0 Å². The van der Waals surface area contributed by atoms with Crippen molar-refractivity contribution in [2.24, 2.45) is 0 Å². The molecule has 0 aliphatic heterocycles. The van der Waals surface area contributed by atoms with Crippen molar-refractivity contribution in [1.29, 1.82) is 0 Å². The average Bonchev–Trinajstić information content (AvgIpc) is 2.66. The molecule has 0 amide bonds. The Morgan fingerprint density at radius 1 is 1.47 bits per heavy atom. The predicted octanol–water partition coefficient (Wildman–Crippen LogP) is 3.69. The van der Waals surface area contributed by atoms with Gasteiger partial charge in [0.1, 0.15) is 10.7 Å². The van der Waals surface area contributed by atoms with Gasteiger partial charge in [0.25, 0.3) is 0 Å². The van der Waals surface area contributed by atoms with Crippen molar-refractivity contribution in [3.05, 3.63) is 39.3 Å². The van der Waals surface area contributed by atoms with Crippen molar-refractivity contribution in [1.82, 2.24) is 4.98 Å². The van der Waals surface area contributed by atoms with E-state index in [1.165, 1.54) is 11.3 Å². The topological polar surface area (TPSA) is 30.0 Å². The fraction of sp³-hybridized carbons (Fsp3) is 0.0909. The number of hydrogen-bond donors (Lipinski definition) is 0. The second-order valence-corrected chi connectivity index (χ2v) is 4.93. The molecule has 76 valence electrons. The number of thiazole rings is 1. The third kappa shape index (κ3) is 2.16. The Balaban J connectivity index is 2.49. The molecule has 15 heavy (non-hydrogen) atoms. The molecule has 0 fully saturated rings. The first kappa shape index (κ1) is 10.5. The number of aldehydes is 1. The van der Waals surface area contributed by atoms with Crippen LogP contribution in [0.5, 0.6) is 0 Å². The van der Waals surface area contributed by atoms with Crippen LogP contribution in [0.4, 0.5) is 0 Å². The number of aromatic nitrogens is 1. The predicted molar refractivity (Wildman–Crippen MR) is 65.4 cm³/mol. The quantitative estimate of drug-likeness (QED) is 0.786. The number of nitrogens with zero attached hydrogens (tertiary/aromatic N) is 1. The lowest BCUT2D eigenvalue weighted by Crippen LogP contribution is -1.84. The van der Waals surface area contributed by atoms with Crippen LogP contribution < -0.4 is 0 Å². The van der Waals surface area contributed by atoms with Gasteiger partial charge in [-0.05, 0) is 24.6 Å². The van der Waals surface area contributed by atoms with Crippen LogP contribution in [-0.2, 0) is 0 Å². The van der Waals surface area contributed by atoms with E-state index in [9.17, 15) is 4.79 Å². The van der Waals surface area contributed by atoms with Gasteiger partial charge in [-0.15, -0.1) is 11.3 Å². The van der Waals surface area contributed by atoms with Gasteiger partial charge >= 0.3 is 0 Å². The Bertz CT molecular complexity index is 507. The normalized spacial score (nSPS) is 10.3. The second-order valence-electron chi connectivity index (χ2n) is 3.15. The Morgan fingerprint density at radius 3 is 2.87 bits per heavy atom. The molecule has 0 saturated heterocycles. The minimum absolute atomic E-state index is 0.498. The standard InChI is InChI=1S/C11H8BrNOS/c1-7-4-8(12)2-3-10(7)11-13-9(5-14)6-15-11/h2-6H,1H3. The molecule has 0 N–H and O–H groups in total. The summed E-state index contributed by atoms with van der Waals surface area (Å²) in [6.07, 6.45) is 0.772. The summed E-state index contributed by atoms with van der Waals surface area (Å²) in [7, 11) is 0. The highest BCUT2D eigenvalue weighted by Crippen LogP contribution is 2.28. The lowest BCUT2D eigenvalue weighted by Gasteiger charge is -2.01. The fourth-order valence-electron chi connectivity index (χ4n) is 1.33. The van der Waals surface area contributed by atoms with Crippen LogP contribution in [0.15, 0.2) is 28.1 Å². The smallest absolute Gasteiger partial charge is 0.169 e. The Hall–Kier alpha value is -1.00. The van der Waals surface area contributed by atoms with Crippen LogP contribution in [0, 0.1) is 6.92 Å². The first-order chi connectivity index (χ1) is 7.20. The first-order valence-corrected chi connectivity index (χ1v) is 6.05. The third-order valence-corrected chi connectivity index (χ3v) is 3.45. The van der Waals surface area contributed by atoms with Crippen LogP contribution in [0.2, 0.25) is 0 Å². The molecule has 0 saturated carbocycles. The first-order valence-electron chi connectivity index (χ1n) is 4.38. The zero-order chi connectivity index (χ0) is 10.8. The highest BCUT2D eigenvalue weighted by Gasteiger charge is 2.06. The van der Waals surface area contributed by atoms with Gasteiger partial charge in [-0.3, -0.25) is 4.79 Å². The lowest BCUT2D eigenvalue weighted by molar-refractivity contribution is 0.111. The minimum Gasteiger partial charge on any atom is -0.296 e. The van der Waals surface area contributed by atoms with Crippen molar-refractivity contribution in [2.75, 3.05) is 0 Å². The molecule has 2 nitrogen and oxygen atoms in total. The van der Waals surface area contributed by atoms with E-state index < -0.39 is 0 Å². The molecule has 0 radical (unpaired) electrons. The number of carbonyl (C=O) groups is 1. The van der Waals surface area contributed by atoms with Gasteiger partial charge in [-0.1, -0.05) is 22.0 Å². The summed E-state index contributed by atoms with van der Waals surface area (Å²) in [5.74, 6) is 0. The van der Waals surface area contributed by atoms with E-state index in [-0.39, 0.29) is 0 Å². The zero-order valence-electron chi connectivity index (χ0n) is 8.03. The number of carbonyl (C=O) groups excluding carboxylic acids is 1. The molecule has 1 heterocycles. The average molecular weight is 282 g/mol. The number of benzene rings is 1. The summed E-state index contributed by atoms with van der Waals surface area (Å²) >= 11 is 4.90. The van der Waals surface area contributed by atoms with Crippen molar-refractivity contribution in [2.45, 2.75) is 6.92 Å². The molecule has 0 atom stereocenters. The number of rotatable bonds is 2. The fourth-order valence-corrected chi connectivity index (χ4v) is 2.66. The minimum atomic E-state index is 0.498. The van der Waals surface area contributed by atoms with E-state index in [4.69, 9.17) is 0 Å². The summed E-state index contributed by atoms with van der Waals surface area (Å²) in [4.78, 5) is 14.8. The van der Waals surface area contributed by atoms with Gasteiger partial charge in [0, 0.05) is 15.4 Å². The van der Waals surface area contributed by atoms with Crippen LogP contribution in [0.25, 0.3) is 10.6 Å². The van der Waals surface area contributed by atoms with E-state index in [1.807, 2.05) is 25.1 Å². The number of aryl methyl sites for hydroxylation is 1. The summed E-state index contributed by atoms with van der Waals surface area (Å²) in [5, 5.41) is 2.66. The Labute approximate surface area is 100 Å². The summed E-state index contributed by atoms with van der Waals surface area (Å²) in [6, 6.07) is 6.02. The van der Waals surface area contributed by atoms with Gasteiger partial charge < -0.3 is 0 Å². The van der Waals surface area contributed by atoms with E-state index in [1.54, 1.807) is 5.38 Å². The van der Waals surface area contributed by atoms with Crippen LogP contribution in [0.1, 0.15) is 16.1 Å². The molecule has 0 aliphatic carbocycles. The van der Waals surface area contributed by atoms with Crippen LogP contribution in [-0.4, -0.2) is 11.3 Å². The van der Waals surface area contributed by atoms with Gasteiger partial charge in [0.2, 0.25) is 0 Å². The molecule has 2 aromatic rings. The molecule has 0 aliphatic rings.